The van der Waals surface area contributed by atoms with Gasteiger partial charge in [-0.1, -0.05) is 24.3 Å². The second-order valence-corrected chi connectivity index (χ2v) is 6.46. The van der Waals surface area contributed by atoms with Gasteiger partial charge in [0.1, 0.15) is 0 Å². The lowest BCUT2D eigenvalue weighted by Gasteiger charge is -2.32. The largest absolute Gasteiger partial charge is 0.495 e. The van der Waals surface area contributed by atoms with Gasteiger partial charge >= 0.3 is 7.12 Å². The zero-order valence-corrected chi connectivity index (χ0v) is 13.7. The maximum absolute atomic E-state index is 6.14. The van der Waals surface area contributed by atoms with Crippen LogP contribution in [0.2, 0.25) is 0 Å². The van der Waals surface area contributed by atoms with Gasteiger partial charge in [0.05, 0.1) is 17.8 Å². The number of benzene rings is 1. The van der Waals surface area contributed by atoms with Crippen LogP contribution in [0, 0.1) is 0 Å². The average Bonchev–Trinajstić information content (AvgIpc) is 2.64. The molecule has 1 aliphatic rings. The van der Waals surface area contributed by atoms with E-state index in [1.807, 2.05) is 12.1 Å². The van der Waals surface area contributed by atoms with Crippen molar-refractivity contribution in [3.63, 3.8) is 0 Å². The van der Waals surface area contributed by atoms with Gasteiger partial charge in [-0.3, -0.25) is 0 Å². The van der Waals surface area contributed by atoms with E-state index in [-0.39, 0.29) is 18.3 Å². The Kier molecular flexibility index (Phi) is 5.09. The Bertz CT molecular complexity index is 460. The summed E-state index contributed by atoms with van der Waals surface area (Å²) in [6.07, 6.45) is 0. The summed E-state index contributed by atoms with van der Waals surface area (Å²) >= 11 is 0. The zero-order chi connectivity index (χ0) is 15.5. The number of nitrogens with one attached hydrogen (secondary N) is 1. The second-order valence-electron chi connectivity index (χ2n) is 6.46. The van der Waals surface area contributed by atoms with Crippen LogP contribution in [0.3, 0.4) is 0 Å². The number of ether oxygens (including phenoxy) is 1. The van der Waals surface area contributed by atoms with Crippen LogP contribution in [0.1, 0.15) is 33.3 Å². The Hall–Kier alpha value is -0.875. The van der Waals surface area contributed by atoms with E-state index in [2.05, 4.69) is 45.1 Å². The normalized spacial score (nSPS) is 20.0. The lowest BCUT2D eigenvalue weighted by atomic mass is 9.76. The smallest absolute Gasteiger partial charge is 0.399 e. The van der Waals surface area contributed by atoms with E-state index in [9.17, 15) is 0 Å². The quantitative estimate of drug-likeness (QED) is 0.640. The van der Waals surface area contributed by atoms with Gasteiger partial charge in [-0.15, -0.1) is 0 Å². The molecular formula is C16H26BNO3. The Morgan fingerprint density at radius 2 is 1.71 bits per heavy atom. The molecule has 0 aliphatic carbocycles. The lowest BCUT2D eigenvalue weighted by Crippen LogP contribution is -2.41. The molecule has 0 bridgehead atoms. The van der Waals surface area contributed by atoms with E-state index in [1.54, 1.807) is 7.11 Å². The van der Waals surface area contributed by atoms with Gasteiger partial charge in [-0.25, -0.2) is 0 Å². The highest BCUT2D eigenvalue weighted by atomic mass is 16.7. The van der Waals surface area contributed by atoms with E-state index >= 15 is 0 Å². The van der Waals surface area contributed by atoms with Crippen LogP contribution in [-0.4, -0.2) is 38.6 Å². The summed E-state index contributed by atoms with van der Waals surface area (Å²) < 4.78 is 17.3. The standard InChI is InChI=1S/C16H26BNO3/c1-15(2)16(3,4)21-17(20-15)14-9-7-6-8-13(14)12-18-10-11-19-5/h6-9,18H,10-12H2,1-5H3. The maximum Gasteiger partial charge on any atom is 0.495 e. The lowest BCUT2D eigenvalue weighted by molar-refractivity contribution is 0.00578. The van der Waals surface area contributed by atoms with E-state index in [4.69, 9.17) is 14.0 Å². The summed E-state index contributed by atoms with van der Waals surface area (Å²) in [5.41, 5.74) is 1.68. The monoisotopic (exact) mass is 291 g/mol. The molecule has 1 fully saturated rings. The first-order valence-electron chi connectivity index (χ1n) is 7.50. The highest BCUT2D eigenvalue weighted by molar-refractivity contribution is 6.62. The summed E-state index contributed by atoms with van der Waals surface area (Å²) in [4.78, 5) is 0. The van der Waals surface area contributed by atoms with Crippen molar-refractivity contribution in [3.8, 4) is 0 Å². The van der Waals surface area contributed by atoms with Gasteiger partial charge in [-0.05, 0) is 38.7 Å². The highest BCUT2D eigenvalue weighted by Crippen LogP contribution is 2.36. The Balaban J connectivity index is 2.10. The molecule has 0 atom stereocenters. The van der Waals surface area contributed by atoms with Crippen LogP contribution in [0.5, 0.6) is 0 Å². The minimum Gasteiger partial charge on any atom is -0.399 e. The van der Waals surface area contributed by atoms with Crippen molar-refractivity contribution in [3.05, 3.63) is 29.8 Å². The molecule has 0 aromatic heterocycles. The molecule has 0 amide bonds. The summed E-state index contributed by atoms with van der Waals surface area (Å²) in [5.74, 6) is 0. The molecule has 1 heterocycles. The first-order valence-corrected chi connectivity index (χ1v) is 7.50. The molecular weight excluding hydrogens is 265 g/mol. The predicted molar refractivity (Wildman–Crippen MR) is 85.7 cm³/mol. The van der Waals surface area contributed by atoms with Crippen LogP contribution < -0.4 is 10.8 Å². The maximum atomic E-state index is 6.14. The molecule has 1 aromatic carbocycles. The fourth-order valence-electron chi connectivity index (χ4n) is 2.29. The molecule has 1 aliphatic heterocycles. The SMILES string of the molecule is COCCNCc1ccccc1B1OC(C)(C)C(C)(C)O1. The first-order chi connectivity index (χ1) is 9.87. The van der Waals surface area contributed by atoms with E-state index in [1.165, 1.54) is 5.56 Å². The van der Waals surface area contributed by atoms with Gasteiger partial charge in [0.15, 0.2) is 0 Å². The van der Waals surface area contributed by atoms with Gasteiger partial charge in [0, 0.05) is 20.2 Å². The van der Waals surface area contributed by atoms with Gasteiger partial charge < -0.3 is 19.4 Å². The minimum atomic E-state index is -0.311. The van der Waals surface area contributed by atoms with Crippen molar-refractivity contribution in [2.75, 3.05) is 20.3 Å². The topological polar surface area (TPSA) is 39.7 Å². The molecule has 0 radical (unpaired) electrons. The van der Waals surface area contributed by atoms with Crippen molar-refractivity contribution in [2.24, 2.45) is 0 Å². The fraction of sp³-hybridized carbons (Fsp3) is 0.625. The summed E-state index contributed by atoms with van der Waals surface area (Å²) in [7, 11) is 1.40. The molecule has 2 rings (SSSR count). The van der Waals surface area contributed by atoms with Crippen LogP contribution in [0.4, 0.5) is 0 Å². The number of hydrogen-bond acceptors (Lipinski definition) is 4. The van der Waals surface area contributed by atoms with Crippen LogP contribution >= 0.6 is 0 Å². The zero-order valence-electron chi connectivity index (χ0n) is 13.7. The first kappa shape index (κ1) is 16.5. The molecule has 0 spiro atoms. The summed E-state index contributed by atoms with van der Waals surface area (Å²) in [6, 6.07) is 8.26. The van der Waals surface area contributed by atoms with E-state index < -0.39 is 0 Å². The van der Waals surface area contributed by atoms with Crippen LogP contribution in [0.15, 0.2) is 24.3 Å². The minimum absolute atomic E-state index is 0.310. The van der Waals surface area contributed by atoms with Crippen LogP contribution in [0.25, 0.3) is 0 Å². The molecule has 116 valence electrons. The number of methoxy groups -OCH3 is 1. The Morgan fingerprint density at radius 1 is 1.10 bits per heavy atom. The molecule has 1 aromatic rings. The second kappa shape index (κ2) is 6.49. The van der Waals surface area contributed by atoms with Gasteiger partial charge in [0.25, 0.3) is 0 Å². The van der Waals surface area contributed by atoms with Crippen molar-refractivity contribution in [1.82, 2.24) is 5.32 Å². The third-order valence-electron chi connectivity index (χ3n) is 4.36. The molecule has 1 saturated heterocycles. The van der Waals surface area contributed by atoms with Crippen molar-refractivity contribution in [2.45, 2.75) is 45.4 Å². The van der Waals surface area contributed by atoms with Crippen molar-refractivity contribution in [1.29, 1.82) is 0 Å². The van der Waals surface area contributed by atoms with E-state index in [0.717, 1.165) is 18.6 Å². The molecule has 1 N–H and O–H groups in total. The number of rotatable bonds is 6. The highest BCUT2D eigenvalue weighted by Gasteiger charge is 2.52. The fourth-order valence-corrected chi connectivity index (χ4v) is 2.29. The molecule has 4 nitrogen and oxygen atoms in total. The third kappa shape index (κ3) is 3.66. The summed E-state index contributed by atoms with van der Waals surface area (Å²) in [6.45, 7) is 10.6. The van der Waals surface area contributed by atoms with E-state index in [0.29, 0.717) is 6.61 Å². The molecule has 21 heavy (non-hydrogen) atoms. The molecule has 5 heteroatoms. The van der Waals surface area contributed by atoms with Crippen LogP contribution in [-0.2, 0) is 20.6 Å². The summed E-state index contributed by atoms with van der Waals surface area (Å²) in [5, 5.41) is 3.37. The Morgan fingerprint density at radius 3 is 2.33 bits per heavy atom. The van der Waals surface area contributed by atoms with Crippen molar-refractivity contribution < 1.29 is 14.0 Å². The molecule has 0 saturated carbocycles. The average molecular weight is 291 g/mol. The predicted octanol–water partition coefficient (Wildman–Crippen LogP) is 1.72. The third-order valence-corrected chi connectivity index (χ3v) is 4.36. The Labute approximate surface area is 128 Å². The van der Waals surface area contributed by atoms with Gasteiger partial charge in [0.2, 0.25) is 0 Å². The van der Waals surface area contributed by atoms with Gasteiger partial charge in [-0.2, -0.15) is 0 Å². The molecule has 0 unspecified atom stereocenters. The van der Waals surface area contributed by atoms with Crippen molar-refractivity contribution >= 4 is 12.6 Å². The number of hydrogen-bond donors (Lipinski definition) is 1.